The van der Waals surface area contributed by atoms with Gasteiger partial charge in [-0.05, 0) is 19.1 Å². The average molecular weight is 236 g/mol. The Balaban J connectivity index is 3.05. The van der Waals surface area contributed by atoms with E-state index in [0.717, 1.165) is 5.56 Å². The number of rotatable bonds is 5. The molecule has 0 aliphatic rings. The first-order valence-corrected chi connectivity index (χ1v) is 5.21. The third kappa shape index (κ3) is 3.49. The van der Waals surface area contributed by atoms with E-state index in [2.05, 4.69) is 0 Å². The van der Waals surface area contributed by atoms with Gasteiger partial charge in [-0.1, -0.05) is 12.1 Å². The van der Waals surface area contributed by atoms with Gasteiger partial charge in [0, 0.05) is 11.6 Å². The average Bonchev–Trinajstić information content (AvgIpc) is 2.37. The van der Waals surface area contributed by atoms with Crippen molar-refractivity contribution < 1.29 is 14.3 Å². The van der Waals surface area contributed by atoms with Crippen molar-refractivity contribution in [3.05, 3.63) is 29.8 Å². The van der Waals surface area contributed by atoms with Gasteiger partial charge >= 0.3 is 0 Å². The molecule has 3 N–H and O–H groups in total. The molecular formula is C12H16N2O3. The van der Waals surface area contributed by atoms with Gasteiger partial charge in [0.2, 0.25) is 0 Å². The van der Waals surface area contributed by atoms with Crippen molar-refractivity contribution in [2.45, 2.75) is 6.92 Å². The van der Waals surface area contributed by atoms with Gasteiger partial charge in [-0.2, -0.15) is 0 Å². The molecule has 0 saturated carbocycles. The van der Waals surface area contributed by atoms with Crippen LogP contribution in [0.15, 0.2) is 24.3 Å². The van der Waals surface area contributed by atoms with Crippen LogP contribution in [-0.4, -0.2) is 19.6 Å². The molecule has 0 bridgehead atoms. The van der Waals surface area contributed by atoms with E-state index in [4.69, 9.17) is 15.3 Å². The predicted octanol–water partition coefficient (Wildman–Crippen LogP) is 1.10. The third-order valence-electron chi connectivity index (χ3n) is 2.07. The van der Waals surface area contributed by atoms with Crippen LogP contribution in [0.4, 0.5) is 0 Å². The summed E-state index contributed by atoms with van der Waals surface area (Å²) in [5, 5.41) is 0. The van der Waals surface area contributed by atoms with E-state index < -0.39 is 0 Å². The second-order valence-corrected chi connectivity index (χ2v) is 3.15. The zero-order chi connectivity index (χ0) is 12.7. The van der Waals surface area contributed by atoms with Gasteiger partial charge in [-0.3, -0.25) is 10.2 Å². The van der Waals surface area contributed by atoms with Crippen LogP contribution in [0.25, 0.3) is 6.08 Å². The highest BCUT2D eigenvalue weighted by atomic mass is 16.5. The van der Waals surface area contributed by atoms with Crippen molar-refractivity contribution in [1.29, 1.82) is 0 Å². The minimum Gasteiger partial charge on any atom is -0.493 e. The van der Waals surface area contributed by atoms with Crippen molar-refractivity contribution in [1.82, 2.24) is 5.43 Å². The second-order valence-electron chi connectivity index (χ2n) is 3.15. The topological polar surface area (TPSA) is 73.6 Å². The van der Waals surface area contributed by atoms with E-state index >= 15 is 0 Å². The number of carbonyl (C=O) groups excluding carboxylic acids is 1. The molecule has 1 aromatic carbocycles. The van der Waals surface area contributed by atoms with Crippen LogP contribution in [-0.2, 0) is 4.79 Å². The summed E-state index contributed by atoms with van der Waals surface area (Å²) >= 11 is 0. The van der Waals surface area contributed by atoms with E-state index in [1.807, 2.05) is 24.5 Å². The summed E-state index contributed by atoms with van der Waals surface area (Å²) in [4.78, 5) is 11.0. The highest BCUT2D eigenvalue weighted by Crippen LogP contribution is 2.31. The SMILES string of the molecule is CCOc1c(C=CC(=O)NN)cccc1OC. The van der Waals surface area contributed by atoms with Gasteiger partial charge in [-0.25, -0.2) is 5.84 Å². The molecule has 0 atom stereocenters. The predicted molar refractivity (Wildman–Crippen MR) is 65.5 cm³/mol. The van der Waals surface area contributed by atoms with Crippen LogP contribution in [0.3, 0.4) is 0 Å². The monoisotopic (exact) mass is 236 g/mol. The van der Waals surface area contributed by atoms with Crippen LogP contribution < -0.4 is 20.7 Å². The lowest BCUT2D eigenvalue weighted by Gasteiger charge is -2.11. The summed E-state index contributed by atoms with van der Waals surface area (Å²) in [5.41, 5.74) is 2.78. The van der Waals surface area contributed by atoms with Crippen molar-refractivity contribution in [2.75, 3.05) is 13.7 Å². The molecule has 0 aromatic heterocycles. The highest BCUT2D eigenvalue weighted by molar-refractivity contribution is 5.91. The smallest absolute Gasteiger partial charge is 0.257 e. The van der Waals surface area contributed by atoms with Gasteiger partial charge in [0.1, 0.15) is 0 Å². The molecule has 1 amide bonds. The third-order valence-corrected chi connectivity index (χ3v) is 2.07. The van der Waals surface area contributed by atoms with Crippen molar-refractivity contribution in [3.63, 3.8) is 0 Å². The Kier molecular flexibility index (Phi) is 5.03. The number of amides is 1. The molecule has 92 valence electrons. The number of ether oxygens (including phenoxy) is 2. The first kappa shape index (κ1) is 13.1. The Morgan fingerprint density at radius 2 is 2.29 bits per heavy atom. The van der Waals surface area contributed by atoms with Gasteiger partial charge in [-0.15, -0.1) is 0 Å². The first-order valence-electron chi connectivity index (χ1n) is 5.21. The number of hydrogen-bond donors (Lipinski definition) is 2. The molecule has 5 heteroatoms. The number of hydrazine groups is 1. The molecule has 5 nitrogen and oxygen atoms in total. The Hall–Kier alpha value is -2.01. The lowest BCUT2D eigenvalue weighted by molar-refractivity contribution is -0.116. The number of nitrogens with one attached hydrogen (secondary N) is 1. The Labute approximate surface area is 100 Å². The first-order chi connectivity index (χ1) is 8.22. The number of methoxy groups -OCH3 is 1. The fourth-order valence-corrected chi connectivity index (χ4v) is 1.34. The summed E-state index contributed by atoms with van der Waals surface area (Å²) in [7, 11) is 1.57. The maximum absolute atomic E-state index is 11.0. The van der Waals surface area contributed by atoms with Gasteiger partial charge in [0.15, 0.2) is 11.5 Å². The van der Waals surface area contributed by atoms with Gasteiger partial charge in [0.25, 0.3) is 5.91 Å². The minimum atomic E-state index is -0.379. The molecule has 0 saturated heterocycles. The van der Waals surface area contributed by atoms with Crippen LogP contribution in [0.5, 0.6) is 11.5 Å². The van der Waals surface area contributed by atoms with E-state index in [1.165, 1.54) is 6.08 Å². The number of nitrogens with two attached hydrogens (primary N) is 1. The number of benzene rings is 1. The summed E-state index contributed by atoms with van der Waals surface area (Å²) in [6, 6.07) is 5.44. The largest absolute Gasteiger partial charge is 0.493 e. The van der Waals surface area contributed by atoms with E-state index in [-0.39, 0.29) is 5.91 Å². The van der Waals surface area contributed by atoms with E-state index in [9.17, 15) is 4.79 Å². The summed E-state index contributed by atoms with van der Waals surface area (Å²) in [6.07, 6.45) is 2.95. The summed E-state index contributed by atoms with van der Waals surface area (Å²) < 4.78 is 10.7. The minimum absolute atomic E-state index is 0.379. The lowest BCUT2D eigenvalue weighted by atomic mass is 10.1. The standard InChI is InChI=1S/C12H16N2O3/c1-3-17-12-9(7-8-11(15)14-13)5-4-6-10(12)16-2/h4-8H,3,13H2,1-2H3,(H,14,15). The molecule has 0 aliphatic heterocycles. The van der Waals surface area contributed by atoms with Crippen molar-refractivity contribution in [2.24, 2.45) is 5.84 Å². The zero-order valence-electron chi connectivity index (χ0n) is 9.90. The van der Waals surface area contributed by atoms with Crippen LogP contribution in [0, 0.1) is 0 Å². The van der Waals surface area contributed by atoms with Crippen LogP contribution >= 0.6 is 0 Å². The Morgan fingerprint density at radius 3 is 2.88 bits per heavy atom. The molecule has 17 heavy (non-hydrogen) atoms. The molecule has 1 rings (SSSR count). The Morgan fingerprint density at radius 1 is 1.53 bits per heavy atom. The quantitative estimate of drug-likeness (QED) is 0.347. The van der Waals surface area contributed by atoms with Crippen molar-refractivity contribution in [3.8, 4) is 11.5 Å². The normalized spacial score (nSPS) is 10.3. The number of para-hydroxylation sites is 1. The van der Waals surface area contributed by atoms with Crippen molar-refractivity contribution >= 4 is 12.0 Å². The van der Waals surface area contributed by atoms with E-state index in [1.54, 1.807) is 19.3 Å². The zero-order valence-corrected chi connectivity index (χ0v) is 9.90. The van der Waals surface area contributed by atoms with E-state index in [0.29, 0.717) is 18.1 Å². The lowest BCUT2D eigenvalue weighted by Crippen LogP contribution is -2.27. The molecule has 0 fully saturated rings. The number of hydrogen-bond acceptors (Lipinski definition) is 4. The fraction of sp³-hybridized carbons (Fsp3) is 0.250. The molecule has 0 unspecified atom stereocenters. The maximum atomic E-state index is 11.0. The molecule has 0 spiro atoms. The molecule has 0 heterocycles. The molecule has 1 aromatic rings. The van der Waals surface area contributed by atoms with Gasteiger partial charge in [0.05, 0.1) is 13.7 Å². The Bertz CT molecular complexity index is 416. The molecule has 0 radical (unpaired) electrons. The fourth-order valence-electron chi connectivity index (χ4n) is 1.34. The molecular weight excluding hydrogens is 220 g/mol. The van der Waals surface area contributed by atoms with Crippen LogP contribution in [0.1, 0.15) is 12.5 Å². The van der Waals surface area contributed by atoms with Gasteiger partial charge < -0.3 is 9.47 Å². The summed E-state index contributed by atoms with van der Waals surface area (Å²) in [5.74, 6) is 5.84. The maximum Gasteiger partial charge on any atom is 0.257 e. The highest BCUT2D eigenvalue weighted by Gasteiger charge is 2.07. The summed E-state index contributed by atoms with van der Waals surface area (Å²) in [6.45, 7) is 2.40. The molecule has 0 aliphatic carbocycles. The number of carbonyl (C=O) groups is 1. The van der Waals surface area contributed by atoms with Crippen LogP contribution in [0.2, 0.25) is 0 Å². The second kappa shape index (κ2) is 6.55.